The van der Waals surface area contributed by atoms with Crippen LogP contribution in [-0.2, 0) is 0 Å². The Bertz CT molecular complexity index is 1290. The number of nitrogens with one attached hydrogen (secondary N) is 1. The first kappa shape index (κ1) is 23.4. The molecule has 32 heavy (non-hydrogen) atoms. The number of imide groups is 1. The van der Waals surface area contributed by atoms with Crippen molar-refractivity contribution in [2.24, 2.45) is 0 Å². The summed E-state index contributed by atoms with van der Waals surface area (Å²) in [5.74, 6) is -1.44. The van der Waals surface area contributed by atoms with Crippen molar-refractivity contribution in [3.05, 3.63) is 88.2 Å². The first-order chi connectivity index (χ1) is 15.1. The molecule has 0 saturated heterocycles. The van der Waals surface area contributed by atoms with E-state index in [2.05, 4.69) is 69.0 Å². The molecule has 3 amide bonds. The topological polar surface area (TPSA) is 66.5 Å². The summed E-state index contributed by atoms with van der Waals surface area (Å²) in [6.07, 6.45) is 0. The third-order valence-electron chi connectivity index (χ3n) is 5.34. The molecule has 0 aliphatic carbocycles. The van der Waals surface area contributed by atoms with Gasteiger partial charge in [-0.1, -0.05) is 24.3 Å². The minimum Gasteiger partial charge on any atom is -0.322 e. The van der Waals surface area contributed by atoms with Gasteiger partial charge in [0.2, 0.25) is 0 Å². The average Bonchev–Trinajstić information content (AvgIpc) is 3.04. The first-order valence-electron chi connectivity index (χ1n) is 9.36. The van der Waals surface area contributed by atoms with Crippen molar-refractivity contribution >= 4 is 92.8 Å². The molecule has 0 spiro atoms. The van der Waals surface area contributed by atoms with Crippen molar-refractivity contribution in [2.75, 3.05) is 10.2 Å². The lowest BCUT2D eigenvalue weighted by molar-refractivity contribution is 0.0925. The zero-order valence-corrected chi connectivity index (χ0v) is 23.1. The molecule has 162 valence electrons. The lowest BCUT2D eigenvalue weighted by Crippen LogP contribution is -2.31. The molecule has 0 atom stereocenters. The Balaban J connectivity index is 1.79. The molecule has 1 aliphatic rings. The Morgan fingerprint density at radius 2 is 1.34 bits per heavy atom. The van der Waals surface area contributed by atoms with Gasteiger partial charge in [0.25, 0.3) is 17.7 Å². The van der Waals surface area contributed by atoms with Gasteiger partial charge in [-0.3, -0.25) is 14.4 Å². The van der Waals surface area contributed by atoms with E-state index >= 15 is 0 Å². The molecule has 4 rings (SSSR count). The van der Waals surface area contributed by atoms with E-state index in [1.165, 1.54) is 0 Å². The largest absolute Gasteiger partial charge is 0.322 e. The van der Waals surface area contributed by atoms with Crippen LogP contribution in [0.4, 0.5) is 11.4 Å². The van der Waals surface area contributed by atoms with E-state index in [1.807, 2.05) is 32.0 Å². The summed E-state index contributed by atoms with van der Waals surface area (Å²) in [6.45, 7) is 3.88. The summed E-state index contributed by atoms with van der Waals surface area (Å²) in [5.41, 5.74) is 3.54. The number of carbonyl (C=O) groups is 3. The van der Waals surface area contributed by atoms with Gasteiger partial charge in [-0.2, -0.15) is 0 Å². The van der Waals surface area contributed by atoms with Gasteiger partial charge in [-0.15, -0.1) is 0 Å². The van der Waals surface area contributed by atoms with Crippen LogP contribution in [0.3, 0.4) is 0 Å². The predicted molar refractivity (Wildman–Crippen MR) is 139 cm³/mol. The smallest absolute Gasteiger partial charge is 0.267 e. The van der Waals surface area contributed by atoms with Crippen LogP contribution in [0, 0.1) is 13.8 Å². The molecule has 1 heterocycles. The van der Waals surface area contributed by atoms with Crippen LogP contribution in [0.1, 0.15) is 42.2 Å². The summed E-state index contributed by atoms with van der Waals surface area (Å²) >= 11 is 13.7. The number of aryl methyl sites for hydroxylation is 1. The van der Waals surface area contributed by atoms with Crippen molar-refractivity contribution in [3.8, 4) is 0 Å². The van der Waals surface area contributed by atoms with Crippen molar-refractivity contribution in [1.82, 2.24) is 0 Å². The Hall–Kier alpha value is -1.81. The Morgan fingerprint density at radius 1 is 0.781 bits per heavy atom. The molecule has 0 bridgehead atoms. The van der Waals surface area contributed by atoms with Crippen molar-refractivity contribution < 1.29 is 14.4 Å². The van der Waals surface area contributed by atoms with Gasteiger partial charge < -0.3 is 5.32 Å². The number of halogens is 4. The van der Waals surface area contributed by atoms with Crippen molar-refractivity contribution in [3.63, 3.8) is 0 Å². The van der Waals surface area contributed by atoms with Crippen LogP contribution in [0.15, 0.2) is 60.4 Å². The number of amides is 3. The van der Waals surface area contributed by atoms with Crippen LogP contribution in [0.25, 0.3) is 0 Å². The standard InChI is InChI=1S/C23H14Br4N2O3/c1-10-6-5-8-13(11(10)2)28-21(30)12-7-3-4-9-14(12)29-22(31)15-16(23(29)32)18(25)20(27)19(26)17(15)24/h3-9H,1-2H3,(H,28,30). The third-order valence-corrected chi connectivity index (χ3v) is 10.1. The quantitative estimate of drug-likeness (QED) is 0.178. The minimum atomic E-state index is -0.516. The summed E-state index contributed by atoms with van der Waals surface area (Å²) < 4.78 is 2.13. The fourth-order valence-electron chi connectivity index (χ4n) is 3.50. The van der Waals surface area contributed by atoms with Gasteiger partial charge in [-0.25, -0.2) is 4.90 Å². The van der Waals surface area contributed by atoms with Gasteiger partial charge in [0, 0.05) is 23.6 Å². The van der Waals surface area contributed by atoms with Gasteiger partial charge in [0.05, 0.1) is 22.4 Å². The van der Waals surface area contributed by atoms with Crippen LogP contribution in [0.2, 0.25) is 0 Å². The van der Waals surface area contributed by atoms with E-state index in [9.17, 15) is 14.4 Å². The maximum atomic E-state index is 13.4. The maximum absolute atomic E-state index is 13.4. The minimum absolute atomic E-state index is 0.215. The van der Waals surface area contributed by atoms with Gasteiger partial charge in [0.1, 0.15) is 0 Å². The Kier molecular flexibility index (Phi) is 6.46. The molecule has 1 aliphatic heterocycles. The number of para-hydroxylation sites is 1. The number of hydrogen-bond acceptors (Lipinski definition) is 3. The van der Waals surface area contributed by atoms with Crippen LogP contribution < -0.4 is 10.2 Å². The zero-order valence-electron chi connectivity index (χ0n) is 16.7. The SMILES string of the molecule is Cc1cccc(NC(=O)c2ccccc2N2C(=O)c3c(Br)c(Br)c(Br)c(Br)c3C2=O)c1C. The summed E-state index contributed by atoms with van der Waals surface area (Å²) in [4.78, 5) is 41.0. The second-order valence-corrected chi connectivity index (χ2v) is 10.3. The number of rotatable bonds is 3. The lowest BCUT2D eigenvalue weighted by atomic mass is 10.1. The highest BCUT2D eigenvalue weighted by Gasteiger charge is 2.43. The molecule has 0 fully saturated rings. The molecule has 0 unspecified atom stereocenters. The summed E-state index contributed by atoms with van der Waals surface area (Å²) in [6, 6.07) is 12.2. The number of anilines is 2. The second-order valence-electron chi connectivity index (χ2n) is 7.17. The average molecular weight is 686 g/mol. The van der Waals surface area contributed by atoms with E-state index < -0.39 is 17.7 Å². The van der Waals surface area contributed by atoms with Gasteiger partial charge >= 0.3 is 0 Å². The van der Waals surface area contributed by atoms with E-state index in [1.54, 1.807) is 24.3 Å². The van der Waals surface area contributed by atoms with E-state index in [0.29, 0.717) is 23.6 Å². The molecule has 9 heteroatoms. The molecule has 3 aromatic carbocycles. The Morgan fingerprint density at radius 3 is 1.94 bits per heavy atom. The van der Waals surface area contributed by atoms with Crippen LogP contribution in [-0.4, -0.2) is 17.7 Å². The predicted octanol–water partition coefficient (Wildman–Crippen LogP) is 7.41. The van der Waals surface area contributed by atoms with Crippen molar-refractivity contribution in [2.45, 2.75) is 13.8 Å². The summed E-state index contributed by atoms with van der Waals surface area (Å²) in [7, 11) is 0. The molecule has 0 saturated carbocycles. The molecule has 0 aromatic heterocycles. The third kappa shape index (κ3) is 3.69. The second kappa shape index (κ2) is 8.85. The molecule has 5 nitrogen and oxygen atoms in total. The number of nitrogens with zero attached hydrogens (tertiary/aromatic N) is 1. The van der Waals surface area contributed by atoms with E-state index in [-0.39, 0.29) is 22.4 Å². The highest BCUT2D eigenvalue weighted by atomic mass is 79.9. The molecule has 1 N–H and O–H groups in total. The molecular weight excluding hydrogens is 672 g/mol. The van der Waals surface area contributed by atoms with E-state index in [4.69, 9.17) is 0 Å². The van der Waals surface area contributed by atoms with E-state index in [0.717, 1.165) is 16.0 Å². The zero-order chi connectivity index (χ0) is 23.3. The van der Waals surface area contributed by atoms with Gasteiger partial charge in [0.15, 0.2) is 0 Å². The summed E-state index contributed by atoms with van der Waals surface area (Å²) in [5, 5.41) is 2.90. The van der Waals surface area contributed by atoms with Crippen LogP contribution in [0.5, 0.6) is 0 Å². The maximum Gasteiger partial charge on any atom is 0.267 e. The monoisotopic (exact) mass is 682 g/mol. The molecule has 3 aromatic rings. The number of fused-ring (bicyclic) bond motifs is 1. The highest BCUT2D eigenvalue weighted by molar-refractivity contribution is 9.15. The number of hydrogen-bond donors (Lipinski definition) is 1. The van der Waals surface area contributed by atoms with Gasteiger partial charge in [-0.05, 0) is 107 Å². The molecular formula is C23H14Br4N2O3. The number of carbonyl (C=O) groups excluding carboxylic acids is 3. The fraction of sp³-hybridized carbons (Fsp3) is 0.0870. The van der Waals surface area contributed by atoms with Crippen LogP contribution >= 0.6 is 63.7 Å². The lowest BCUT2D eigenvalue weighted by Gasteiger charge is -2.18. The normalized spacial score (nSPS) is 12.9. The Labute approximate surface area is 218 Å². The highest BCUT2D eigenvalue weighted by Crippen LogP contribution is 2.46. The first-order valence-corrected chi connectivity index (χ1v) is 12.5. The van der Waals surface area contributed by atoms with Crippen molar-refractivity contribution in [1.29, 1.82) is 0 Å². The molecule has 0 radical (unpaired) electrons. The number of benzene rings is 3. The fourth-order valence-corrected chi connectivity index (χ4v) is 5.96.